The molecule has 1 unspecified atom stereocenters. The smallest absolute Gasteiger partial charge is 0.182 e. The summed E-state index contributed by atoms with van der Waals surface area (Å²) in [6.07, 6.45) is 0.861. The molecular formula is C28H38N2O3. The van der Waals surface area contributed by atoms with Crippen LogP contribution in [0.15, 0.2) is 30.3 Å². The first kappa shape index (κ1) is 25.0. The van der Waals surface area contributed by atoms with Crippen molar-refractivity contribution < 1.29 is 14.6 Å². The molecule has 2 N–H and O–H groups in total. The number of phenols is 1. The number of methoxy groups -OCH3 is 1. The molecule has 178 valence electrons. The molecule has 1 aliphatic heterocycles. The second-order valence-corrected chi connectivity index (χ2v) is 11.1. The molecule has 0 aliphatic carbocycles. The number of carbonyl (C=O) groups excluding carboxylic acids is 1. The SMILES string of the molecule is CCC(OC)c1ccc2c(c1)C(=N)N(CC(=O)c1cc(C(C)(C)C)c(O)c(C(C)(C)C)c1)C2. The van der Waals surface area contributed by atoms with E-state index < -0.39 is 0 Å². The lowest BCUT2D eigenvalue weighted by Gasteiger charge is -2.28. The lowest BCUT2D eigenvalue weighted by Crippen LogP contribution is -2.30. The van der Waals surface area contributed by atoms with Gasteiger partial charge in [-0.25, -0.2) is 0 Å². The van der Waals surface area contributed by atoms with Crippen LogP contribution in [0.5, 0.6) is 5.75 Å². The van der Waals surface area contributed by atoms with Crippen LogP contribution >= 0.6 is 0 Å². The van der Waals surface area contributed by atoms with Crippen LogP contribution in [0.2, 0.25) is 0 Å². The van der Waals surface area contributed by atoms with Gasteiger partial charge < -0.3 is 14.7 Å². The fraction of sp³-hybridized carbons (Fsp3) is 0.500. The summed E-state index contributed by atoms with van der Waals surface area (Å²) in [4.78, 5) is 15.2. The van der Waals surface area contributed by atoms with Gasteiger partial charge in [0, 0.05) is 35.9 Å². The predicted molar refractivity (Wildman–Crippen MR) is 134 cm³/mol. The molecule has 1 atom stereocenters. The van der Waals surface area contributed by atoms with Gasteiger partial charge in [0.2, 0.25) is 0 Å². The van der Waals surface area contributed by atoms with Gasteiger partial charge in [0.1, 0.15) is 11.6 Å². The van der Waals surface area contributed by atoms with Crippen LogP contribution in [0.4, 0.5) is 0 Å². The van der Waals surface area contributed by atoms with Gasteiger partial charge in [-0.05, 0) is 46.6 Å². The summed E-state index contributed by atoms with van der Waals surface area (Å²) in [7, 11) is 1.70. The van der Waals surface area contributed by atoms with E-state index in [1.54, 1.807) is 7.11 Å². The van der Waals surface area contributed by atoms with Crippen molar-refractivity contribution in [3.05, 3.63) is 63.7 Å². The topological polar surface area (TPSA) is 73.6 Å². The Morgan fingerprint density at radius 2 is 1.67 bits per heavy atom. The molecule has 0 aromatic heterocycles. The fourth-order valence-electron chi connectivity index (χ4n) is 4.48. The highest BCUT2D eigenvalue weighted by atomic mass is 16.5. The van der Waals surface area contributed by atoms with Crippen molar-refractivity contribution in [2.75, 3.05) is 13.7 Å². The number of hydrogen-bond acceptors (Lipinski definition) is 4. The Labute approximate surface area is 198 Å². The molecule has 0 amide bonds. The molecule has 3 rings (SSSR count). The van der Waals surface area contributed by atoms with Gasteiger partial charge >= 0.3 is 0 Å². The first-order valence-corrected chi connectivity index (χ1v) is 11.7. The average molecular weight is 451 g/mol. The monoisotopic (exact) mass is 450 g/mol. The third-order valence-electron chi connectivity index (χ3n) is 6.48. The molecule has 1 heterocycles. The van der Waals surface area contributed by atoms with E-state index in [0.717, 1.165) is 34.2 Å². The lowest BCUT2D eigenvalue weighted by atomic mass is 9.78. The van der Waals surface area contributed by atoms with Crippen molar-refractivity contribution in [1.29, 1.82) is 5.41 Å². The molecule has 0 spiro atoms. The number of rotatable bonds is 6. The summed E-state index contributed by atoms with van der Waals surface area (Å²) in [5, 5.41) is 19.7. The standard InChI is InChI=1S/C28H38N2O3/c1-9-24(33-8)17-10-11-18-15-30(26(29)20(18)12-17)16-23(31)19-13-21(27(2,3)4)25(32)22(14-19)28(5,6)7/h10-14,24,29,32H,9,15-16H2,1-8H3. The quantitative estimate of drug-likeness (QED) is 0.521. The number of ether oxygens (including phenoxy) is 1. The molecular weight excluding hydrogens is 412 g/mol. The van der Waals surface area contributed by atoms with Crippen LogP contribution in [0.3, 0.4) is 0 Å². The van der Waals surface area contributed by atoms with Gasteiger partial charge in [-0.3, -0.25) is 10.2 Å². The molecule has 33 heavy (non-hydrogen) atoms. The molecule has 0 fully saturated rings. The summed E-state index contributed by atoms with van der Waals surface area (Å²) in [6, 6.07) is 9.77. The van der Waals surface area contributed by atoms with Crippen molar-refractivity contribution in [3.63, 3.8) is 0 Å². The maximum atomic E-state index is 13.4. The Morgan fingerprint density at radius 1 is 1.09 bits per heavy atom. The number of carbonyl (C=O) groups is 1. The molecule has 1 aliphatic rings. The summed E-state index contributed by atoms with van der Waals surface area (Å²) in [5.74, 6) is 0.591. The van der Waals surface area contributed by atoms with Crippen LogP contribution in [-0.4, -0.2) is 35.3 Å². The van der Waals surface area contributed by atoms with Gasteiger partial charge in [-0.1, -0.05) is 60.6 Å². The van der Waals surface area contributed by atoms with Crippen molar-refractivity contribution in [2.45, 2.75) is 78.4 Å². The van der Waals surface area contributed by atoms with Crippen LogP contribution in [-0.2, 0) is 22.1 Å². The lowest BCUT2D eigenvalue weighted by molar-refractivity contribution is 0.0962. The largest absolute Gasteiger partial charge is 0.507 e. The minimum Gasteiger partial charge on any atom is -0.507 e. The summed E-state index contributed by atoms with van der Waals surface area (Å²) in [6.45, 7) is 15.0. The van der Waals surface area contributed by atoms with Crippen molar-refractivity contribution in [3.8, 4) is 5.75 Å². The first-order chi connectivity index (χ1) is 15.3. The van der Waals surface area contributed by atoms with Gasteiger partial charge in [0.25, 0.3) is 0 Å². The number of phenolic OH excluding ortho intramolecular Hbond substituents is 1. The van der Waals surface area contributed by atoms with Crippen molar-refractivity contribution in [2.24, 2.45) is 0 Å². The van der Waals surface area contributed by atoms with E-state index >= 15 is 0 Å². The van der Waals surface area contributed by atoms with Gasteiger partial charge in [-0.2, -0.15) is 0 Å². The van der Waals surface area contributed by atoms with Crippen molar-refractivity contribution >= 4 is 11.6 Å². The number of amidine groups is 1. The Hall–Kier alpha value is -2.66. The number of fused-ring (bicyclic) bond motifs is 1. The van der Waals surface area contributed by atoms with E-state index in [1.165, 1.54) is 0 Å². The zero-order chi connectivity index (χ0) is 24.7. The maximum absolute atomic E-state index is 13.4. The minimum absolute atomic E-state index is 0.00224. The Kier molecular flexibility index (Phi) is 6.77. The Balaban J connectivity index is 1.90. The number of nitrogens with one attached hydrogen (secondary N) is 1. The molecule has 0 radical (unpaired) electrons. The number of benzene rings is 2. The number of nitrogens with zero attached hydrogens (tertiary/aromatic N) is 1. The summed E-state index contributed by atoms with van der Waals surface area (Å²) in [5.41, 5.74) is 4.50. The second kappa shape index (κ2) is 8.94. The second-order valence-electron chi connectivity index (χ2n) is 11.1. The van der Waals surface area contributed by atoms with E-state index in [9.17, 15) is 9.90 Å². The third-order valence-corrected chi connectivity index (χ3v) is 6.48. The normalized spacial score (nSPS) is 15.0. The van der Waals surface area contributed by atoms with E-state index in [4.69, 9.17) is 10.1 Å². The van der Waals surface area contributed by atoms with E-state index in [0.29, 0.717) is 17.9 Å². The highest BCUT2D eigenvalue weighted by Crippen LogP contribution is 2.40. The summed E-state index contributed by atoms with van der Waals surface area (Å²) < 4.78 is 5.56. The molecule has 0 bridgehead atoms. The number of hydrogen-bond donors (Lipinski definition) is 2. The van der Waals surface area contributed by atoms with Crippen LogP contribution in [0.25, 0.3) is 0 Å². The summed E-state index contributed by atoms with van der Waals surface area (Å²) >= 11 is 0. The highest BCUT2D eigenvalue weighted by Gasteiger charge is 2.30. The van der Waals surface area contributed by atoms with Crippen LogP contribution < -0.4 is 0 Å². The maximum Gasteiger partial charge on any atom is 0.182 e. The highest BCUT2D eigenvalue weighted by molar-refractivity contribution is 6.05. The van der Waals surface area contributed by atoms with E-state index in [2.05, 4.69) is 13.0 Å². The minimum atomic E-state index is -0.301. The number of aromatic hydroxyl groups is 1. The molecule has 2 aromatic rings. The molecule has 0 saturated heterocycles. The number of Topliss-reactive ketones (excluding diaryl/α,β-unsaturated/α-hetero) is 1. The van der Waals surface area contributed by atoms with Gasteiger partial charge in [0.15, 0.2) is 5.78 Å². The van der Waals surface area contributed by atoms with E-state index in [-0.39, 0.29) is 35.0 Å². The molecule has 0 saturated carbocycles. The Morgan fingerprint density at radius 3 is 2.15 bits per heavy atom. The van der Waals surface area contributed by atoms with Gasteiger partial charge in [0.05, 0.1) is 12.6 Å². The van der Waals surface area contributed by atoms with Crippen LogP contribution in [0, 0.1) is 5.41 Å². The molecule has 2 aromatic carbocycles. The van der Waals surface area contributed by atoms with Crippen molar-refractivity contribution in [1.82, 2.24) is 4.90 Å². The average Bonchev–Trinajstić information content (AvgIpc) is 3.02. The molecule has 5 nitrogen and oxygen atoms in total. The number of ketones is 1. The first-order valence-electron chi connectivity index (χ1n) is 11.7. The zero-order valence-electron chi connectivity index (χ0n) is 21.3. The predicted octanol–water partition coefficient (Wildman–Crippen LogP) is 6.11. The zero-order valence-corrected chi connectivity index (χ0v) is 21.3. The van der Waals surface area contributed by atoms with Gasteiger partial charge in [-0.15, -0.1) is 0 Å². The Bertz CT molecular complexity index is 1030. The molecule has 5 heteroatoms. The van der Waals surface area contributed by atoms with E-state index in [1.807, 2.05) is 70.7 Å². The van der Waals surface area contributed by atoms with Crippen LogP contribution in [0.1, 0.15) is 99.2 Å². The fourth-order valence-corrected chi connectivity index (χ4v) is 4.48. The third kappa shape index (κ3) is 4.98.